The van der Waals surface area contributed by atoms with Gasteiger partial charge in [-0.2, -0.15) is 0 Å². The highest BCUT2D eigenvalue weighted by Gasteiger charge is 2.15. The minimum Gasteiger partial charge on any atom is -0.368 e. The van der Waals surface area contributed by atoms with Crippen molar-refractivity contribution in [3.8, 4) is 11.3 Å². The Kier molecular flexibility index (Phi) is 2.44. The third-order valence-corrected chi connectivity index (χ3v) is 2.57. The van der Waals surface area contributed by atoms with Crippen molar-refractivity contribution in [2.75, 3.05) is 5.73 Å². The number of aromatic nitrogens is 1. The number of nitrogens with two attached hydrogens (primary N) is 1. The van der Waals surface area contributed by atoms with Crippen LogP contribution in [0.4, 0.5) is 14.7 Å². The zero-order valence-electron chi connectivity index (χ0n) is 7.30. The molecule has 0 amide bonds. The standard InChI is InChI=1S/C9H5BrF2N2O/c10-8-5(11)2-1-4(9(8)12)6-3-7(13)15-14-6/h1-3H,13H2. The normalized spacial score (nSPS) is 10.6. The molecule has 78 valence electrons. The third kappa shape index (κ3) is 1.72. The third-order valence-electron chi connectivity index (χ3n) is 1.84. The number of rotatable bonds is 1. The second kappa shape index (κ2) is 3.62. The van der Waals surface area contributed by atoms with Crippen LogP contribution in [0, 0.1) is 11.6 Å². The monoisotopic (exact) mass is 274 g/mol. The van der Waals surface area contributed by atoms with Gasteiger partial charge in [0.15, 0.2) is 0 Å². The first-order chi connectivity index (χ1) is 7.09. The number of hydrogen-bond donors (Lipinski definition) is 1. The van der Waals surface area contributed by atoms with Gasteiger partial charge in [-0.25, -0.2) is 8.78 Å². The van der Waals surface area contributed by atoms with Gasteiger partial charge >= 0.3 is 0 Å². The number of halogens is 3. The molecule has 1 aromatic heterocycles. The molecule has 1 heterocycles. The van der Waals surface area contributed by atoms with Crippen molar-refractivity contribution in [2.24, 2.45) is 0 Å². The molecule has 0 saturated carbocycles. The number of nitrogen functional groups attached to an aromatic ring is 1. The van der Waals surface area contributed by atoms with E-state index < -0.39 is 11.6 Å². The summed E-state index contributed by atoms with van der Waals surface area (Å²) in [6.07, 6.45) is 0. The lowest BCUT2D eigenvalue weighted by atomic mass is 10.1. The van der Waals surface area contributed by atoms with Crippen LogP contribution in [0.5, 0.6) is 0 Å². The van der Waals surface area contributed by atoms with Crippen LogP contribution in [0.15, 0.2) is 27.2 Å². The number of hydrogen-bond acceptors (Lipinski definition) is 3. The highest BCUT2D eigenvalue weighted by molar-refractivity contribution is 9.10. The highest BCUT2D eigenvalue weighted by Crippen LogP contribution is 2.29. The van der Waals surface area contributed by atoms with E-state index in [-0.39, 0.29) is 21.6 Å². The first kappa shape index (κ1) is 10.1. The molecule has 0 unspecified atom stereocenters. The van der Waals surface area contributed by atoms with E-state index >= 15 is 0 Å². The fourth-order valence-electron chi connectivity index (χ4n) is 1.14. The quantitative estimate of drug-likeness (QED) is 0.814. The molecule has 6 heteroatoms. The van der Waals surface area contributed by atoms with Gasteiger partial charge in [-0.3, -0.25) is 0 Å². The summed E-state index contributed by atoms with van der Waals surface area (Å²) >= 11 is 2.79. The predicted octanol–water partition coefficient (Wildman–Crippen LogP) is 2.96. The van der Waals surface area contributed by atoms with Gasteiger partial charge in [0.05, 0.1) is 4.47 Å². The summed E-state index contributed by atoms with van der Waals surface area (Å²) in [7, 11) is 0. The average Bonchev–Trinajstić information content (AvgIpc) is 2.61. The second-order valence-electron chi connectivity index (χ2n) is 2.84. The topological polar surface area (TPSA) is 52.0 Å². The van der Waals surface area contributed by atoms with E-state index in [4.69, 9.17) is 5.73 Å². The van der Waals surface area contributed by atoms with E-state index in [2.05, 4.69) is 25.6 Å². The second-order valence-corrected chi connectivity index (χ2v) is 3.63. The average molecular weight is 275 g/mol. The number of benzene rings is 1. The maximum Gasteiger partial charge on any atom is 0.222 e. The van der Waals surface area contributed by atoms with Crippen LogP contribution in [0.1, 0.15) is 0 Å². The Balaban J connectivity index is 2.59. The summed E-state index contributed by atoms with van der Waals surface area (Å²) in [5.41, 5.74) is 5.65. The number of anilines is 1. The van der Waals surface area contributed by atoms with Crippen LogP contribution < -0.4 is 5.73 Å². The lowest BCUT2D eigenvalue weighted by molar-refractivity contribution is 0.438. The van der Waals surface area contributed by atoms with Gasteiger partial charge in [0.25, 0.3) is 0 Å². The predicted molar refractivity (Wildman–Crippen MR) is 54.0 cm³/mol. The molecule has 2 aromatic rings. The van der Waals surface area contributed by atoms with Crippen LogP contribution in [0.2, 0.25) is 0 Å². The molecule has 0 aliphatic rings. The summed E-state index contributed by atoms with van der Waals surface area (Å²) in [6.45, 7) is 0. The van der Waals surface area contributed by atoms with Gasteiger partial charge < -0.3 is 10.3 Å². The molecule has 1 aromatic carbocycles. The van der Waals surface area contributed by atoms with Gasteiger partial charge in [0.2, 0.25) is 5.88 Å². The first-order valence-electron chi connectivity index (χ1n) is 3.95. The van der Waals surface area contributed by atoms with E-state index in [1.54, 1.807) is 0 Å². The zero-order chi connectivity index (χ0) is 11.0. The largest absolute Gasteiger partial charge is 0.368 e. The molecule has 0 spiro atoms. The van der Waals surface area contributed by atoms with Crippen LogP contribution in [0.3, 0.4) is 0 Å². The Labute approximate surface area is 92.0 Å². The van der Waals surface area contributed by atoms with Gasteiger partial charge in [-0.1, -0.05) is 5.16 Å². The minimum atomic E-state index is -0.733. The number of nitrogens with zero attached hydrogens (tertiary/aromatic N) is 1. The Bertz CT molecular complexity index is 513. The molecule has 2 rings (SSSR count). The molecule has 0 bridgehead atoms. The molecular weight excluding hydrogens is 270 g/mol. The fourth-order valence-corrected chi connectivity index (χ4v) is 1.49. The maximum atomic E-state index is 13.5. The maximum absolute atomic E-state index is 13.5. The molecule has 0 saturated heterocycles. The molecule has 0 aliphatic heterocycles. The van der Waals surface area contributed by atoms with Gasteiger partial charge in [-0.15, -0.1) is 0 Å². The molecule has 0 atom stereocenters. The summed E-state index contributed by atoms with van der Waals surface area (Å²) in [6, 6.07) is 3.77. The Morgan fingerprint density at radius 2 is 2.07 bits per heavy atom. The van der Waals surface area contributed by atoms with Gasteiger partial charge in [-0.05, 0) is 28.1 Å². The molecular formula is C9H5BrF2N2O. The smallest absolute Gasteiger partial charge is 0.222 e. The van der Waals surface area contributed by atoms with Crippen LogP contribution in [0.25, 0.3) is 11.3 Å². The van der Waals surface area contributed by atoms with Crippen molar-refractivity contribution >= 4 is 21.8 Å². The SMILES string of the molecule is Nc1cc(-c2ccc(F)c(Br)c2F)no1. The van der Waals surface area contributed by atoms with Crippen molar-refractivity contribution < 1.29 is 13.3 Å². The molecule has 2 N–H and O–H groups in total. The van der Waals surface area contributed by atoms with E-state index in [0.29, 0.717) is 0 Å². The summed E-state index contributed by atoms with van der Waals surface area (Å²) in [5.74, 6) is -1.33. The van der Waals surface area contributed by atoms with Crippen molar-refractivity contribution in [1.82, 2.24) is 5.16 Å². The lowest BCUT2D eigenvalue weighted by Crippen LogP contribution is -1.89. The van der Waals surface area contributed by atoms with E-state index in [9.17, 15) is 8.78 Å². The Morgan fingerprint density at radius 3 is 2.67 bits per heavy atom. The van der Waals surface area contributed by atoms with E-state index in [1.807, 2.05) is 0 Å². The molecule has 3 nitrogen and oxygen atoms in total. The molecule has 15 heavy (non-hydrogen) atoms. The Morgan fingerprint density at radius 1 is 1.33 bits per heavy atom. The first-order valence-corrected chi connectivity index (χ1v) is 4.75. The van der Waals surface area contributed by atoms with Crippen LogP contribution in [-0.2, 0) is 0 Å². The van der Waals surface area contributed by atoms with E-state index in [1.165, 1.54) is 12.1 Å². The van der Waals surface area contributed by atoms with Crippen LogP contribution >= 0.6 is 15.9 Å². The zero-order valence-corrected chi connectivity index (χ0v) is 8.88. The molecule has 0 radical (unpaired) electrons. The van der Waals surface area contributed by atoms with Crippen molar-refractivity contribution in [3.05, 3.63) is 34.3 Å². The summed E-state index contributed by atoms with van der Waals surface area (Å²) < 4.78 is 30.8. The van der Waals surface area contributed by atoms with Crippen molar-refractivity contribution in [2.45, 2.75) is 0 Å². The van der Waals surface area contributed by atoms with Gasteiger partial charge in [0, 0.05) is 11.6 Å². The molecule has 0 fully saturated rings. The highest BCUT2D eigenvalue weighted by atomic mass is 79.9. The summed E-state index contributed by atoms with van der Waals surface area (Å²) in [4.78, 5) is 0. The van der Waals surface area contributed by atoms with Crippen LogP contribution in [-0.4, -0.2) is 5.16 Å². The fraction of sp³-hybridized carbons (Fsp3) is 0. The molecule has 0 aliphatic carbocycles. The lowest BCUT2D eigenvalue weighted by Gasteiger charge is -2.01. The van der Waals surface area contributed by atoms with Gasteiger partial charge in [0.1, 0.15) is 17.3 Å². The van der Waals surface area contributed by atoms with E-state index in [0.717, 1.165) is 6.07 Å². The summed E-state index contributed by atoms with van der Waals surface area (Å²) in [5, 5.41) is 3.53. The van der Waals surface area contributed by atoms with Crippen molar-refractivity contribution in [1.29, 1.82) is 0 Å². The minimum absolute atomic E-state index is 0.0739. The Hall–Kier alpha value is -1.43. The van der Waals surface area contributed by atoms with Crippen molar-refractivity contribution in [3.63, 3.8) is 0 Å².